The molecule has 114 valence electrons. The van der Waals surface area contributed by atoms with Gasteiger partial charge < -0.3 is 5.11 Å². The van der Waals surface area contributed by atoms with Crippen LogP contribution < -0.4 is 0 Å². The number of aliphatic hydroxyl groups excluding tert-OH is 1. The van der Waals surface area contributed by atoms with E-state index < -0.39 is 6.10 Å². The summed E-state index contributed by atoms with van der Waals surface area (Å²) >= 11 is 1.58. The standard InChI is InChI=1S/C16H23N3OS/c1-11-16(21-12(2)17-11)15(20)10-13-8-9-19(18-13)14-6-4-3-5-7-14/h8-9,14-15,20H,3-7,10H2,1-2H3. The van der Waals surface area contributed by atoms with E-state index in [1.54, 1.807) is 11.3 Å². The Kier molecular flexibility index (Phi) is 4.40. The van der Waals surface area contributed by atoms with Crippen LogP contribution in [0.2, 0.25) is 0 Å². The molecule has 2 aromatic rings. The molecule has 1 atom stereocenters. The molecule has 2 heterocycles. The number of nitrogens with zero attached hydrogens (tertiary/aromatic N) is 3. The monoisotopic (exact) mass is 305 g/mol. The lowest BCUT2D eigenvalue weighted by atomic mass is 9.96. The van der Waals surface area contributed by atoms with Crippen molar-refractivity contribution in [2.24, 2.45) is 0 Å². The third-order valence-electron chi connectivity index (χ3n) is 4.26. The van der Waals surface area contributed by atoms with E-state index in [1.807, 2.05) is 19.9 Å². The quantitative estimate of drug-likeness (QED) is 0.936. The molecular formula is C16H23N3OS. The average molecular weight is 305 g/mol. The molecule has 0 aromatic carbocycles. The van der Waals surface area contributed by atoms with Crippen LogP contribution in [0.5, 0.6) is 0 Å². The third-order valence-corrected chi connectivity index (χ3v) is 5.43. The third kappa shape index (κ3) is 3.35. The smallest absolute Gasteiger partial charge is 0.0956 e. The van der Waals surface area contributed by atoms with Crippen molar-refractivity contribution in [2.75, 3.05) is 0 Å². The van der Waals surface area contributed by atoms with Gasteiger partial charge in [0, 0.05) is 12.6 Å². The summed E-state index contributed by atoms with van der Waals surface area (Å²) in [6.07, 6.45) is 8.58. The minimum Gasteiger partial charge on any atom is -0.387 e. The average Bonchev–Trinajstić information content (AvgIpc) is 3.06. The van der Waals surface area contributed by atoms with Crippen molar-refractivity contribution in [1.29, 1.82) is 0 Å². The van der Waals surface area contributed by atoms with Crippen molar-refractivity contribution in [1.82, 2.24) is 14.8 Å². The van der Waals surface area contributed by atoms with E-state index in [2.05, 4.69) is 21.0 Å². The molecule has 0 aliphatic heterocycles. The van der Waals surface area contributed by atoms with E-state index in [-0.39, 0.29) is 0 Å². The van der Waals surface area contributed by atoms with Gasteiger partial charge in [0.25, 0.3) is 0 Å². The van der Waals surface area contributed by atoms with Gasteiger partial charge in [-0.3, -0.25) is 4.68 Å². The zero-order chi connectivity index (χ0) is 14.8. The molecule has 1 saturated carbocycles. The van der Waals surface area contributed by atoms with E-state index >= 15 is 0 Å². The molecule has 1 aliphatic carbocycles. The second-order valence-electron chi connectivity index (χ2n) is 5.98. The normalized spacial score (nSPS) is 18.0. The zero-order valence-electron chi connectivity index (χ0n) is 12.7. The predicted octanol–water partition coefficient (Wildman–Crippen LogP) is 3.74. The van der Waals surface area contributed by atoms with Crippen LogP contribution in [0.25, 0.3) is 0 Å². The van der Waals surface area contributed by atoms with Crippen LogP contribution in [0.3, 0.4) is 0 Å². The molecule has 0 bridgehead atoms. The van der Waals surface area contributed by atoms with Crippen LogP contribution in [0.4, 0.5) is 0 Å². The largest absolute Gasteiger partial charge is 0.387 e. The Morgan fingerprint density at radius 1 is 1.33 bits per heavy atom. The minimum absolute atomic E-state index is 0.495. The van der Waals surface area contributed by atoms with E-state index in [0.29, 0.717) is 12.5 Å². The summed E-state index contributed by atoms with van der Waals surface area (Å²) in [5.41, 5.74) is 1.91. The summed E-state index contributed by atoms with van der Waals surface area (Å²) in [5, 5.41) is 16.1. The van der Waals surface area contributed by atoms with Crippen LogP contribution >= 0.6 is 11.3 Å². The van der Waals surface area contributed by atoms with Gasteiger partial charge in [-0.1, -0.05) is 19.3 Å². The molecule has 1 aliphatic rings. The molecule has 4 nitrogen and oxygen atoms in total. The van der Waals surface area contributed by atoms with Gasteiger partial charge in [0.1, 0.15) is 0 Å². The van der Waals surface area contributed by atoms with E-state index in [1.165, 1.54) is 32.1 Å². The number of hydrogen-bond acceptors (Lipinski definition) is 4. The van der Waals surface area contributed by atoms with E-state index in [4.69, 9.17) is 0 Å². The van der Waals surface area contributed by atoms with Crippen LogP contribution in [-0.4, -0.2) is 19.9 Å². The first-order valence-corrected chi connectivity index (χ1v) is 8.61. The van der Waals surface area contributed by atoms with E-state index in [0.717, 1.165) is 21.3 Å². The summed E-state index contributed by atoms with van der Waals surface area (Å²) in [7, 11) is 0. The number of hydrogen-bond donors (Lipinski definition) is 1. The lowest BCUT2D eigenvalue weighted by Gasteiger charge is -2.21. The molecule has 2 aromatic heterocycles. The van der Waals surface area contributed by atoms with Gasteiger partial charge in [0.05, 0.1) is 33.4 Å². The van der Waals surface area contributed by atoms with Crippen LogP contribution in [-0.2, 0) is 6.42 Å². The maximum absolute atomic E-state index is 10.4. The summed E-state index contributed by atoms with van der Waals surface area (Å²) in [6, 6.07) is 2.60. The maximum atomic E-state index is 10.4. The summed E-state index contributed by atoms with van der Waals surface area (Å²) in [4.78, 5) is 5.36. The summed E-state index contributed by atoms with van der Waals surface area (Å²) in [6.45, 7) is 3.94. The number of aliphatic hydroxyl groups is 1. The fraction of sp³-hybridized carbons (Fsp3) is 0.625. The number of aryl methyl sites for hydroxylation is 2. The van der Waals surface area contributed by atoms with Crippen molar-refractivity contribution in [3.8, 4) is 0 Å². The molecule has 1 fully saturated rings. The fourth-order valence-corrected chi connectivity index (χ4v) is 4.10. The number of thiazole rings is 1. The molecule has 3 rings (SSSR count). The van der Waals surface area contributed by atoms with Gasteiger partial charge in [-0.2, -0.15) is 5.10 Å². The van der Waals surface area contributed by atoms with Crippen LogP contribution in [0, 0.1) is 13.8 Å². The fourth-order valence-electron chi connectivity index (χ4n) is 3.18. The van der Waals surface area contributed by atoms with E-state index in [9.17, 15) is 5.11 Å². The molecule has 5 heteroatoms. The Bertz CT molecular complexity index is 598. The highest BCUT2D eigenvalue weighted by Gasteiger charge is 2.19. The van der Waals surface area contributed by atoms with Crippen molar-refractivity contribution >= 4 is 11.3 Å². The highest BCUT2D eigenvalue weighted by atomic mass is 32.1. The lowest BCUT2D eigenvalue weighted by molar-refractivity contribution is 0.179. The minimum atomic E-state index is -0.495. The van der Waals surface area contributed by atoms with Gasteiger partial charge in [-0.15, -0.1) is 11.3 Å². The highest BCUT2D eigenvalue weighted by molar-refractivity contribution is 7.11. The molecule has 0 saturated heterocycles. The molecule has 1 N–H and O–H groups in total. The van der Waals surface area contributed by atoms with Crippen molar-refractivity contribution in [3.05, 3.63) is 33.5 Å². The van der Waals surface area contributed by atoms with Gasteiger partial charge in [0.2, 0.25) is 0 Å². The lowest BCUT2D eigenvalue weighted by Crippen LogP contribution is -2.13. The molecule has 0 radical (unpaired) electrons. The molecule has 21 heavy (non-hydrogen) atoms. The Balaban J connectivity index is 1.67. The van der Waals surface area contributed by atoms with Gasteiger partial charge in [-0.05, 0) is 32.8 Å². The first-order valence-electron chi connectivity index (χ1n) is 7.79. The van der Waals surface area contributed by atoms with Crippen molar-refractivity contribution in [3.63, 3.8) is 0 Å². The van der Waals surface area contributed by atoms with Gasteiger partial charge >= 0.3 is 0 Å². The molecular weight excluding hydrogens is 282 g/mol. The van der Waals surface area contributed by atoms with Crippen molar-refractivity contribution < 1.29 is 5.11 Å². The van der Waals surface area contributed by atoms with Crippen LogP contribution in [0.1, 0.15) is 65.5 Å². The Hall–Kier alpha value is -1.20. The maximum Gasteiger partial charge on any atom is 0.0956 e. The molecule has 1 unspecified atom stereocenters. The SMILES string of the molecule is Cc1nc(C)c(C(O)Cc2ccn(C3CCCCC3)n2)s1. The first-order chi connectivity index (χ1) is 10.1. The zero-order valence-corrected chi connectivity index (χ0v) is 13.6. The summed E-state index contributed by atoms with van der Waals surface area (Å²) in [5.74, 6) is 0. The topological polar surface area (TPSA) is 50.9 Å². The molecule has 0 spiro atoms. The number of aromatic nitrogens is 3. The van der Waals surface area contributed by atoms with Gasteiger partial charge in [-0.25, -0.2) is 4.98 Å². The Morgan fingerprint density at radius 2 is 2.10 bits per heavy atom. The second-order valence-corrected chi connectivity index (χ2v) is 7.22. The first kappa shape index (κ1) is 14.7. The Morgan fingerprint density at radius 3 is 2.76 bits per heavy atom. The van der Waals surface area contributed by atoms with Gasteiger partial charge in [0.15, 0.2) is 0 Å². The highest BCUT2D eigenvalue weighted by Crippen LogP contribution is 2.29. The Labute approximate surface area is 129 Å². The van der Waals surface area contributed by atoms with Crippen LogP contribution in [0.15, 0.2) is 12.3 Å². The summed E-state index contributed by atoms with van der Waals surface area (Å²) < 4.78 is 2.10. The molecule has 0 amide bonds. The number of rotatable bonds is 4. The van der Waals surface area contributed by atoms with Crippen molar-refractivity contribution in [2.45, 2.75) is 64.5 Å². The predicted molar refractivity (Wildman–Crippen MR) is 84.6 cm³/mol. The second kappa shape index (κ2) is 6.28.